The van der Waals surface area contributed by atoms with Gasteiger partial charge in [0.2, 0.25) is 0 Å². The minimum absolute atomic E-state index is 0.265. The molecule has 1 heterocycles. The van der Waals surface area contributed by atoms with Gasteiger partial charge in [0.15, 0.2) is 0 Å². The summed E-state index contributed by atoms with van der Waals surface area (Å²) < 4.78 is 15.7. The van der Waals surface area contributed by atoms with Crippen LogP contribution in [0, 0.1) is 5.82 Å². The molecule has 3 aromatic rings. The van der Waals surface area contributed by atoms with Crippen LogP contribution < -0.4 is 5.32 Å². The molecule has 0 bridgehead atoms. The molecule has 0 fully saturated rings. The molecular formula is C15H12BrFN4. The van der Waals surface area contributed by atoms with E-state index in [1.807, 2.05) is 30.3 Å². The number of nitrogens with one attached hydrogen (secondary N) is 1. The van der Waals surface area contributed by atoms with Crippen LogP contribution in [0.25, 0.3) is 5.69 Å². The molecule has 0 amide bonds. The normalized spacial score (nSPS) is 10.6. The molecule has 0 saturated carbocycles. The molecule has 106 valence electrons. The summed E-state index contributed by atoms with van der Waals surface area (Å²) >= 11 is 3.15. The molecule has 0 atom stereocenters. The lowest BCUT2D eigenvalue weighted by molar-refractivity contribution is 0.619. The third kappa shape index (κ3) is 3.11. The van der Waals surface area contributed by atoms with Gasteiger partial charge in [-0.15, -0.1) is 0 Å². The van der Waals surface area contributed by atoms with E-state index in [1.165, 1.54) is 12.4 Å². The predicted octanol–water partition coefficient (Wildman–Crippen LogP) is 3.78. The molecular weight excluding hydrogens is 335 g/mol. The van der Waals surface area contributed by atoms with E-state index >= 15 is 0 Å². The zero-order valence-corrected chi connectivity index (χ0v) is 12.6. The van der Waals surface area contributed by atoms with Gasteiger partial charge in [-0.1, -0.05) is 18.2 Å². The van der Waals surface area contributed by atoms with Crippen LogP contribution >= 0.6 is 15.9 Å². The van der Waals surface area contributed by atoms with Gasteiger partial charge < -0.3 is 5.32 Å². The Bertz CT molecular complexity index is 743. The lowest BCUT2D eigenvalue weighted by Crippen LogP contribution is -2.05. The second kappa shape index (κ2) is 6.05. The highest BCUT2D eigenvalue weighted by Crippen LogP contribution is 2.21. The highest BCUT2D eigenvalue weighted by molar-refractivity contribution is 9.10. The van der Waals surface area contributed by atoms with Crippen LogP contribution in [0.15, 0.2) is 59.6 Å². The van der Waals surface area contributed by atoms with Crippen LogP contribution in [0.5, 0.6) is 0 Å². The molecule has 0 aliphatic rings. The third-order valence-corrected chi connectivity index (χ3v) is 3.68. The van der Waals surface area contributed by atoms with Crippen molar-refractivity contribution in [1.82, 2.24) is 14.8 Å². The zero-order valence-electron chi connectivity index (χ0n) is 11.0. The van der Waals surface area contributed by atoms with Crippen molar-refractivity contribution >= 4 is 21.6 Å². The number of nitrogens with zero attached hydrogens (tertiary/aromatic N) is 3. The van der Waals surface area contributed by atoms with Gasteiger partial charge in [-0.05, 0) is 45.8 Å². The summed E-state index contributed by atoms with van der Waals surface area (Å²) in [6.45, 7) is 0.524. The van der Waals surface area contributed by atoms with Crippen molar-refractivity contribution in [2.75, 3.05) is 5.32 Å². The number of para-hydroxylation sites is 2. The first-order chi connectivity index (χ1) is 10.2. The van der Waals surface area contributed by atoms with Crippen LogP contribution in [0.4, 0.5) is 10.1 Å². The summed E-state index contributed by atoms with van der Waals surface area (Å²) in [6.07, 6.45) is 3.13. The van der Waals surface area contributed by atoms with Crippen LogP contribution in [0.3, 0.4) is 0 Å². The lowest BCUT2D eigenvalue weighted by Gasteiger charge is -2.12. The Labute approximate surface area is 129 Å². The highest BCUT2D eigenvalue weighted by atomic mass is 79.9. The second-order valence-electron chi connectivity index (χ2n) is 4.46. The number of benzene rings is 2. The first-order valence-electron chi connectivity index (χ1n) is 6.36. The van der Waals surface area contributed by atoms with Crippen molar-refractivity contribution in [3.05, 3.63) is 71.0 Å². The second-order valence-corrected chi connectivity index (χ2v) is 5.31. The van der Waals surface area contributed by atoms with Gasteiger partial charge in [-0.25, -0.2) is 14.1 Å². The minimum atomic E-state index is -0.265. The van der Waals surface area contributed by atoms with E-state index in [0.717, 1.165) is 16.9 Å². The number of anilines is 1. The Morgan fingerprint density at radius 3 is 2.81 bits per heavy atom. The Balaban J connectivity index is 1.81. The fourth-order valence-electron chi connectivity index (χ4n) is 2.00. The van der Waals surface area contributed by atoms with E-state index < -0.39 is 0 Å². The molecule has 0 saturated heterocycles. The summed E-state index contributed by atoms with van der Waals surface area (Å²) in [4.78, 5) is 3.95. The SMILES string of the molecule is Fc1cc(CNc2ccccc2-n2cncn2)ccc1Br. The van der Waals surface area contributed by atoms with E-state index in [1.54, 1.807) is 17.1 Å². The molecule has 1 aromatic heterocycles. The molecule has 0 spiro atoms. The molecule has 6 heteroatoms. The average Bonchev–Trinajstić information content (AvgIpc) is 3.03. The smallest absolute Gasteiger partial charge is 0.138 e. The standard InChI is InChI=1S/C15H12BrFN4/c16-12-6-5-11(7-13(12)17)8-19-14-3-1-2-4-15(14)21-10-18-9-20-21/h1-7,9-10,19H,8H2. The molecule has 4 nitrogen and oxygen atoms in total. The minimum Gasteiger partial charge on any atom is -0.379 e. The summed E-state index contributed by atoms with van der Waals surface area (Å²) in [5.74, 6) is -0.265. The first-order valence-corrected chi connectivity index (χ1v) is 7.15. The van der Waals surface area contributed by atoms with Crippen LogP contribution in [-0.4, -0.2) is 14.8 Å². The highest BCUT2D eigenvalue weighted by Gasteiger charge is 2.05. The topological polar surface area (TPSA) is 42.7 Å². The Morgan fingerprint density at radius 1 is 1.19 bits per heavy atom. The van der Waals surface area contributed by atoms with Gasteiger partial charge in [0.25, 0.3) is 0 Å². The van der Waals surface area contributed by atoms with Crippen molar-refractivity contribution in [3.63, 3.8) is 0 Å². The number of rotatable bonds is 4. The number of hydrogen-bond donors (Lipinski definition) is 1. The van der Waals surface area contributed by atoms with Crippen LogP contribution in [0.1, 0.15) is 5.56 Å². The summed E-state index contributed by atoms with van der Waals surface area (Å²) in [5.41, 5.74) is 2.67. The van der Waals surface area contributed by atoms with E-state index in [4.69, 9.17) is 0 Å². The molecule has 0 aliphatic heterocycles. The molecule has 21 heavy (non-hydrogen) atoms. The van der Waals surface area contributed by atoms with Crippen LogP contribution in [0.2, 0.25) is 0 Å². The first kappa shape index (κ1) is 13.8. The van der Waals surface area contributed by atoms with Gasteiger partial charge in [0, 0.05) is 6.54 Å². The lowest BCUT2D eigenvalue weighted by atomic mass is 10.2. The molecule has 3 rings (SSSR count). The molecule has 0 radical (unpaired) electrons. The summed E-state index contributed by atoms with van der Waals surface area (Å²) in [5, 5.41) is 7.42. The van der Waals surface area contributed by atoms with Crippen LogP contribution in [-0.2, 0) is 6.54 Å². The zero-order chi connectivity index (χ0) is 14.7. The van der Waals surface area contributed by atoms with Crippen molar-refractivity contribution in [3.8, 4) is 5.69 Å². The van der Waals surface area contributed by atoms with E-state index in [-0.39, 0.29) is 5.82 Å². The fraction of sp³-hybridized carbons (Fsp3) is 0.0667. The molecule has 1 N–H and O–H groups in total. The van der Waals surface area contributed by atoms with Gasteiger partial charge >= 0.3 is 0 Å². The molecule has 2 aromatic carbocycles. The molecule has 0 unspecified atom stereocenters. The van der Waals surface area contributed by atoms with E-state index in [0.29, 0.717) is 11.0 Å². The van der Waals surface area contributed by atoms with Crippen molar-refractivity contribution < 1.29 is 4.39 Å². The predicted molar refractivity (Wildman–Crippen MR) is 82.8 cm³/mol. The van der Waals surface area contributed by atoms with Gasteiger partial charge in [0.05, 0.1) is 15.8 Å². The average molecular weight is 347 g/mol. The Kier molecular flexibility index (Phi) is 3.96. The maximum atomic E-state index is 13.5. The maximum Gasteiger partial charge on any atom is 0.138 e. The van der Waals surface area contributed by atoms with E-state index in [9.17, 15) is 4.39 Å². The van der Waals surface area contributed by atoms with E-state index in [2.05, 4.69) is 31.3 Å². The monoisotopic (exact) mass is 346 g/mol. The van der Waals surface area contributed by atoms with Crippen molar-refractivity contribution in [1.29, 1.82) is 0 Å². The number of hydrogen-bond acceptors (Lipinski definition) is 3. The van der Waals surface area contributed by atoms with Crippen molar-refractivity contribution in [2.45, 2.75) is 6.54 Å². The maximum absolute atomic E-state index is 13.5. The largest absolute Gasteiger partial charge is 0.379 e. The Morgan fingerprint density at radius 2 is 2.05 bits per heavy atom. The number of aromatic nitrogens is 3. The quantitative estimate of drug-likeness (QED) is 0.781. The fourth-order valence-corrected chi connectivity index (χ4v) is 2.25. The molecule has 0 aliphatic carbocycles. The Hall–Kier alpha value is -2.21. The van der Waals surface area contributed by atoms with Gasteiger partial charge in [-0.2, -0.15) is 5.10 Å². The number of halogens is 2. The van der Waals surface area contributed by atoms with Gasteiger partial charge in [0.1, 0.15) is 18.5 Å². The third-order valence-electron chi connectivity index (χ3n) is 3.04. The van der Waals surface area contributed by atoms with Gasteiger partial charge in [-0.3, -0.25) is 0 Å². The summed E-state index contributed by atoms with van der Waals surface area (Å²) in [6, 6.07) is 12.8. The van der Waals surface area contributed by atoms with Crippen molar-refractivity contribution in [2.24, 2.45) is 0 Å². The summed E-state index contributed by atoms with van der Waals surface area (Å²) in [7, 11) is 0.